The highest BCUT2D eigenvalue weighted by molar-refractivity contribution is 5.77. The molecule has 4 rings (SSSR count). The summed E-state index contributed by atoms with van der Waals surface area (Å²) in [5.74, 6) is 2.35. The number of carbonyl (C=O) groups excluding carboxylic acids is 2. The van der Waals surface area contributed by atoms with E-state index in [1.165, 1.54) is 4.68 Å². The second kappa shape index (κ2) is 11.5. The summed E-state index contributed by atoms with van der Waals surface area (Å²) in [5, 5.41) is 10.3. The molecule has 0 spiro atoms. The Morgan fingerprint density at radius 1 is 1.34 bits per heavy atom. The number of rotatable bonds is 9. The Morgan fingerprint density at radius 3 is 2.94 bits per heavy atom. The van der Waals surface area contributed by atoms with Crippen molar-refractivity contribution in [3.8, 4) is 5.69 Å². The summed E-state index contributed by atoms with van der Waals surface area (Å²) in [4.78, 5) is 30.4. The maximum atomic E-state index is 12.2. The third-order valence-corrected chi connectivity index (χ3v) is 5.61. The lowest BCUT2D eigenvalue weighted by atomic mass is 10.0. The van der Waals surface area contributed by atoms with Gasteiger partial charge in [0.2, 0.25) is 11.9 Å². The maximum absolute atomic E-state index is 12.2. The normalized spacial score (nSPS) is 18.0. The first-order chi connectivity index (χ1) is 17.0. The molecule has 1 fully saturated rings. The molecule has 11 heteroatoms. The molecule has 1 atom stereocenters. The lowest BCUT2D eigenvalue weighted by molar-refractivity contribution is -0.124. The summed E-state index contributed by atoms with van der Waals surface area (Å²) in [7, 11) is 0. The number of nitrogens with two attached hydrogens (primary N) is 1. The van der Waals surface area contributed by atoms with Gasteiger partial charge in [0, 0.05) is 26.2 Å². The van der Waals surface area contributed by atoms with Gasteiger partial charge in [0.1, 0.15) is 17.3 Å². The average molecular weight is 480 g/mol. The van der Waals surface area contributed by atoms with Crippen LogP contribution in [0.4, 0.5) is 11.9 Å². The van der Waals surface area contributed by atoms with Crippen LogP contribution in [0.5, 0.6) is 0 Å². The number of nitrogens with one attached hydrogen (secondary N) is 2. The number of ether oxygens (including phenoxy) is 2. The van der Waals surface area contributed by atoms with E-state index < -0.39 is 6.04 Å². The molecule has 0 saturated carbocycles. The fourth-order valence-corrected chi connectivity index (χ4v) is 3.80. The summed E-state index contributed by atoms with van der Waals surface area (Å²) in [5.41, 5.74) is 8.09. The minimum absolute atomic E-state index is 0.204. The fourth-order valence-electron chi connectivity index (χ4n) is 3.80. The van der Waals surface area contributed by atoms with Gasteiger partial charge in [-0.2, -0.15) is 9.67 Å². The molecule has 2 aliphatic rings. The summed E-state index contributed by atoms with van der Waals surface area (Å²) in [6.07, 6.45) is 5.09. The topological polar surface area (TPSA) is 137 Å². The lowest BCUT2D eigenvalue weighted by Gasteiger charge is -2.26. The first-order valence-electron chi connectivity index (χ1n) is 11.4. The first kappa shape index (κ1) is 24.2. The molecular formula is C24H29N7O4. The zero-order valence-electron chi connectivity index (χ0n) is 19.6. The van der Waals surface area contributed by atoms with Crippen LogP contribution in [-0.4, -0.2) is 83.6 Å². The van der Waals surface area contributed by atoms with Gasteiger partial charge in [-0.25, -0.2) is 4.79 Å². The minimum atomic E-state index is -0.593. The summed E-state index contributed by atoms with van der Waals surface area (Å²) < 4.78 is 12.5. The van der Waals surface area contributed by atoms with E-state index in [1.807, 2.05) is 37.1 Å². The van der Waals surface area contributed by atoms with Crippen LogP contribution in [0, 0.1) is 6.92 Å². The molecule has 0 radical (unpaired) electrons. The Morgan fingerprint density at radius 2 is 2.17 bits per heavy atom. The van der Waals surface area contributed by atoms with Crippen LogP contribution in [0.25, 0.3) is 5.69 Å². The van der Waals surface area contributed by atoms with Crippen molar-refractivity contribution >= 4 is 23.7 Å². The molecule has 1 aromatic heterocycles. The molecule has 2 heterocycles. The molecule has 4 N–H and O–H groups in total. The standard InChI is InChI=1S/C24H29N7O4/c1-17-4-2-5-18(14-17)31-23(25)28-24(29-31)27-20-6-3-7-21(19(20)15-32)35-16-22(33)26-8-9-30-10-12-34-13-11-30/h2-7,14,20H,8-13,16H2,1H3,(H,26,33)(H3,25,27,28,29). The van der Waals surface area contributed by atoms with Crippen molar-refractivity contribution in [2.75, 3.05) is 57.1 Å². The van der Waals surface area contributed by atoms with Crippen molar-refractivity contribution in [3.63, 3.8) is 0 Å². The number of nitrogens with zero attached hydrogens (tertiary/aromatic N) is 4. The lowest BCUT2D eigenvalue weighted by Crippen LogP contribution is -2.42. The predicted molar refractivity (Wildman–Crippen MR) is 131 cm³/mol. The molecule has 0 bridgehead atoms. The van der Waals surface area contributed by atoms with Crippen molar-refractivity contribution in [2.24, 2.45) is 0 Å². The highest BCUT2D eigenvalue weighted by Crippen LogP contribution is 2.22. The van der Waals surface area contributed by atoms with Gasteiger partial charge in [-0.3, -0.25) is 9.69 Å². The summed E-state index contributed by atoms with van der Waals surface area (Å²) >= 11 is 0. The smallest absolute Gasteiger partial charge is 0.257 e. The number of amides is 1. The Kier molecular flexibility index (Phi) is 7.94. The highest BCUT2D eigenvalue weighted by Gasteiger charge is 2.23. The van der Waals surface area contributed by atoms with Crippen LogP contribution < -0.4 is 16.4 Å². The average Bonchev–Trinajstić information content (AvgIpc) is 3.23. The van der Waals surface area contributed by atoms with E-state index in [-0.39, 0.29) is 35.7 Å². The first-order valence-corrected chi connectivity index (χ1v) is 11.4. The van der Waals surface area contributed by atoms with E-state index in [0.29, 0.717) is 19.8 Å². The van der Waals surface area contributed by atoms with E-state index in [4.69, 9.17) is 15.2 Å². The molecule has 184 valence electrons. The Hall–Kier alpha value is -3.92. The quantitative estimate of drug-likeness (QED) is 0.442. The molecule has 1 unspecified atom stereocenters. The second-order valence-corrected chi connectivity index (χ2v) is 8.19. The van der Waals surface area contributed by atoms with Crippen molar-refractivity contribution in [1.82, 2.24) is 25.0 Å². The molecule has 1 amide bonds. The number of carbonyl (C=O) groups is 1. The number of aryl methyl sites for hydroxylation is 1. The van der Waals surface area contributed by atoms with Gasteiger partial charge in [-0.1, -0.05) is 24.3 Å². The van der Waals surface area contributed by atoms with Crippen molar-refractivity contribution in [3.05, 3.63) is 59.4 Å². The Labute approximate surface area is 203 Å². The monoisotopic (exact) mass is 479 g/mol. The number of benzene rings is 1. The number of aromatic nitrogens is 3. The third kappa shape index (κ3) is 6.36. The molecule has 1 aliphatic carbocycles. The van der Waals surface area contributed by atoms with E-state index in [0.717, 1.165) is 30.9 Å². The number of anilines is 2. The van der Waals surface area contributed by atoms with Crippen molar-refractivity contribution in [1.29, 1.82) is 0 Å². The van der Waals surface area contributed by atoms with E-state index in [9.17, 15) is 9.59 Å². The van der Waals surface area contributed by atoms with Gasteiger partial charge in [-0.05, 0) is 30.7 Å². The highest BCUT2D eigenvalue weighted by atomic mass is 16.5. The largest absolute Gasteiger partial charge is 0.483 e. The molecule has 2 aromatic rings. The molecule has 1 aromatic carbocycles. The van der Waals surface area contributed by atoms with E-state index in [1.54, 1.807) is 18.2 Å². The number of hydrogen-bond acceptors (Lipinski definition) is 9. The molecule has 1 saturated heterocycles. The third-order valence-electron chi connectivity index (χ3n) is 5.61. The number of hydrogen-bond donors (Lipinski definition) is 3. The minimum Gasteiger partial charge on any atom is -0.483 e. The van der Waals surface area contributed by atoms with Crippen LogP contribution in [0.1, 0.15) is 5.56 Å². The van der Waals surface area contributed by atoms with Crippen LogP contribution >= 0.6 is 0 Å². The summed E-state index contributed by atoms with van der Waals surface area (Å²) in [6.45, 7) is 6.16. The van der Waals surface area contributed by atoms with Gasteiger partial charge < -0.3 is 25.8 Å². The zero-order valence-corrected chi connectivity index (χ0v) is 19.6. The Balaban J connectivity index is 1.31. The predicted octanol–water partition coefficient (Wildman–Crippen LogP) is 0.615. The number of allylic oxidation sites excluding steroid dienone is 2. The van der Waals surface area contributed by atoms with E-state index >= 15 is 0 Å². The molecule has 35 heavy (non-hydrogen) atoms. The van der Waals surface area contributed by atoms with Crippen molar-refractivity contribution < 1.29 is 19.1 Å². The van der Waals surface area contributed by atoms with Crippen LogP contribution in [0.3, 0.4) is 0 Å². The van der Waals surface area contributed by atoms with Gasteiger partial charge >= 0.3 is 0 Å². The van der Waals surface area contributed by atoms with Gasteiger partial charge in [0.25, 0.3) is 5.91 Å². The number of morpholine rings is 1. The zero-order chi connectivity index (χ0) is 24.6. The van der Waals surface area contributed by atoms with Gasteiger partial charge in [-0.15, -0.1) is 5.10 Å². The second-order valence-electron chi connectivity index (χ2n) is 8.19. The van der Waals surface area contributed by atoms with Gasteiger partial charge in [0.15, 0.2) is 6.61 Å². The van der Waals surface area contributed by atoms with Crippen LogP contribution in [0.15, 0.2) is 53.8 Å². The van der Waals surface area contributed by atoms with Crippen LogP contribution in [0.2, 0.25) is 0 Å². The SMILES string of the molecule is Cc1cccc(-n2nc(NC3C=CC=C(OCC(=O)NCCN4CCOCC4)C3=C=O)nc2N)c1. The van der Waals surface area contributed by atoms with E-state index in [2.05, 4.69) is 25.6 Å². The fraction of sp³-hybridized carbons (Fsp3) is 0.375. The molecule has 11 nitrogen and oxygen atoms in total. The Bertz CT molecular complexity index is 1160. The number of nitrogen functional groups attached to an aromatic ring is 1. The van der Waals surface area contributed by atoms with Crippen molar-refractivity contribution in [2.45, 2.75) is 13.0 Å². The molecular weight excluding hydrogens is 450 g/mol. The molecule has 1 aliphatic heterocycles. The van der Waals surface area contributed by atoms with Gasteiger partial charge in [0.05, 0.1) is 24.9 Å². The van der Waals surface area contributed by atoms with Crippen LogP contribution in [-0.2, 0) is 19.1 Å². The maximum Gasteiger partial charge on any atom is 0.257 e. The summed E-state index contributed by atoms with van der Waals surface area (Å²) in [6, 6.07) is 7.10.